The molecular formula is C31H29F4N. The Hall–Kier alpha value is -3.18. The molecule has 186 valence electrons. The fourth-order valence-electron chi connectivity index (χ4n) is 5.36. The molecule has 1 nitrogen and oxygen atoms in total. The summed E-state index contributed by atoms with van der Waals surface area (Å²) in [4.78, 5) is 2.22. The zero-order valence-corrected chi connectivity index (χ0v) is 20.1. The average molecular weight is 492 g/mol. The molecule has 1 aliphatic carbocycles. The van der Waals surface area contributed by atoms with Crippen molar-refractivity contribution in [2.45, 2.75) is 31.9 Å². The van der Waals surface area contributed by atoms with E-state index in [1.807, 2.05) is 42.5 Å². The summed E-state index contributed by atoms with van der Waals surface area (Å²) in [6.07, 6.45) is 0.518. The molecule has 0 bridgehead atoms. The van der Waals surface area contributed by atoms with Gasteiger partial charge >= 0.3 is 6.18 Å². The summed E-state index contributed by atoms with van der Waals surface area (Å²) >= 11 is 0. The van der Waals surface area contributed by atoms with Crippen molar-refractivity contribution in [3.05, 3.63) is 112 Å². The Morgan fingerprint density at radius 2 is 1.50 bits per heavy atom. The van der Waals surface area contributed by atoms with Gasteiger partial charge in [-0.1, -0.05) is 72.8 Å². The summed E-state index contributed by atoms with van der Waals surface area (Å²) in [6.45, 7) is 2.21. The number of likely N-dealkylation sites (tertiary alicyclic amines) is 1. The van der Waals surface area contributed by atoms with Gasteiger partial charge in [0.1, 0.15) is 0 Å². The van der Waals surface area contributed by atoms with E-state index in [2.05, 4.69) is 17.0 Å². The van der Waals surface area contributed by atoms with Crippen LogP contribution in [0.3, 0.4) is 0 Å². The molecule has 3 aromatic carbocycles. The average Bonchev–Trinajstić information content (AvgIpc) is 3.05. The molecule has 36 heavy (non-hydrogen) atoms. The number of alkyl halides is 4. The fraction of sp³-hybridized carbons (Fsp3) is 0.290. The third-order valence-electron chi connectivity index (χ3n) is 7.05. The van der Waals surface area contributed by atoms with Crippen molar-refractivity contribution in [3.63, 3.8) is 0 Å². The number of halogens is 4. The summed E-state index contributed by atoms with van der Waals surface area (Å²) in [5.41, 5.74) is 6.81. The topological polar surface area (TPSA) is 3.24 Å². The third kappa shape index (κ3) is 5.17. The van der Waals surface area contributed by atoms with Crippen LogP contribution in [0.1, 0.15) is 52.6 Å². The Kier molecular flexibility index (Phi) is 7.10. The van der Waals surface area contributed by atoms with Crippen LogP contribution >= 0.6 is 0 Å². The van der Waals surface area contributed by atoms with Gasteiger partial charge in [-0.05, 0) is 76.3 Å². The molecule has 0 amide bonds. The summed E-state index contributed by atoms with van der Waals surface area (Å²) in [5, 5.41) is 0. The zero-order valence-electron chi connectivity index (χ0n) is 20.1. The molecule has 0 N–H and O–H groups in total. The minimum absolute atomic E-state index is 0.269. The van der Waals surface area contributed by atoms with Crippen LogP contribution in [0.4, 0.5) is 17.6 Å². The SMILES string of the molecule is FCCCN1CC(=Cc2ccc(C3=C(c4ccccc4C(F)(F)F)CCCc4ccccc43)cc2)C1. The van der Waals surface area contributed by atoms with Crippen molar-refractivity contribution in [3.8, 4) is 0 Å². The maximum Gasteiger partial charge on any atom is 0.416 e. The first-order valence-corrected chi connectivity index (χ1v) is 12.5. The standard InChI is InChI=1S/C31H29F4N/c32-17-6-18-36-20-23(21-36)19-22-13-15-25(16-14-22)30-26-9-2-1-7-24(26)8-5-11-28(30)27-10-3-4-12-29(27)31(33,34)35/h1-4,7,9-10,12-16,19H,5-6,8,11,17-18,20-21H2. The van der Waals surface area contributed by atoms with Crippen LogP contribution in [-0.2, 0) is 12.6 Å². The lowest BCUT2D eigenvalue weighted by molar-refractivity contribution is -0.137. The number of allylic oxidation sites excluding steroid dienone is 1. The van der Waals surface area contributed by atoms with E-state index in [0.717, 1.165) is 60.3 Å². The van der Waals surface area contributed by atoms with Crippen LogP contribution in [0, 0.1) is 0 Å². The lowest BCUT2D eigenvalue weighted by atomic mass is 9.86. The number of hydrogen-bond donors (Lipinski definition) is 0. The van der Waals surface area contributed by atoms with Crippen LogP contribution < -0.4 is 0 Å². The summed E-state index contributed by atoms with van der Waals surface area (Å²) in [6, 6.07) is 22.1. The second kappa shape index (κ2) is 10.4. The highest BCUT2D eigenvalue weighted by atomic mass is 19.4. The lowest BCUT2D eigenvalue weighted by Crippen LogP contribution is -2.40. The first kappa shape index (κ1) is 24.5. The van der Waals surface area contributed by atoms with Gasteiger partial charge < -0.3 is 0 Å². The van der Waals surface area contributed by atoms with Gasteiger partial charge in [0.15, 0.2) is 0 Å². The summed E-state index contributed by atoms with van der Waals surface area (Å²) in [7, 11) is 0. The van der Waals surface area contributed by atoms with E-state index in [1.54, 1.807) is 12.1 Å². The van der Waals surface area contributed by atoms with E-state index >= 15 is 0 Å². The quantitative estimate of drug-likeness (QED) is 0.315. The smallest absolute Gasteiger partial charge is 0.295 e. The minimum Gasteiger partial charge on any atom is -0.295 e. The molecule has 1 heterocycles. The van der Waals surface area contributed by atoms with Crippen LogP contribution in [0.5, 0.6) is 0 Å². The molecule has 5 heteroatoms. The van der Waals surface area contributed by atoms with E-state index in [4.69, 9.17) is 0 Å². The fourth-order valence-corrected chi connectivity index (χ4v) is 5.36. The lowest BCUT2D eigenvalue weighted by Gasteiger charge is -2.33. The summed E-state index contributed by atoms with van der Waals surface area (Å²) < 4.78 is 54.3. The Morgan fingerprint density at radius 3 is 2.22 bits per heavy atom. The van der Waals surface area contributed by atoms with E-state index < -0.39 is 11.7 Å². The predicted molar refractivity (Wildman–Crippen MR) is 138 cm³/mol. The van der Waals surface area contributed by atoms with Gasteiger partial charge in [-0.25, -0.2) is 0 Å². The van der Waals surface area contributed by atoms with Crippen LogP contribution in [0.2, 0.25) is 0 Å². The highest BCUT2D eigenvalue weighted by Gasteiger charge is 2.35. The first-order chi connectivity index (χ1) is 17.4. The number of rotatable bonds is 6. The highest BCUT2D eigenvalue weighted by molar-refractivity contribution is 6.00. The van der Waals surface area contributed by atoms with E-state index in [-0.39, 0.29) is 12.2 Å². The molecule has 1 saturated heterocycles. The number of fused-ring (bicyclic) bond motifs is 1. The van der Waals surface area contributed by atoms with Gasteiger partial charge in [0, 0.05) is 19.6 Å². The molecule has 0 atom stereocenters. The maximum atomic E-state index is 14.0. The van der Waals surface area contributed by atoms with Gasteiger partial charge in [0.05, 0.1) is 12.2 Å². The van der Waals surface area contributed by atoms with Crippen molar-refractivity contribution < 1.29 is 17.6 Å². The van der Waals surface area contributed by atoms with E-state index in [0.29, 0.717) is 12.8 Å². The summed E-state index contributed by atoms with van der Waals surface area (Å²) in [5.74, 6) is 0. The normalized spacial score (nSPS) is 16.4. The molecule has 0 radical (unpaired) electrons. The molecular weight excluding hydrogens is 462 g/mol. The maximum absolute atomic E-state index is 14.0. The van der Waals surface area contributed by atoms with Crippen LogP contribution in [-0.4, -0.2) is 31.2 Å². The second-order valence-electron chi connectivity index (χ2n) is 9.59. The Balaban J connectivity index is 1.55. The first-order valence-electron chi connectivity index (χ1n) is 12.5. The molecule has 5 rings (SSSR count). The second-order valence-corrected chi connectivity index (χ2v) is 9.59. The number of nitrogens with zero attached hydrogens (tertiary/aromatic N) is 1. The number of aryl methyl sites for hydroxylation is 1. The molecule has 2 aliphatic rings. The molecule has 1 fully saturated rings. The molecule has 3 aromatic rings. The monoisotopic (exact) mass is 491 g/mol. The van der Waals surface area contributed by atoms with Crippen molar-refractivity contribution in [2.24, 2.45) is 0 Å². The number of benzene rings is 3. The predicted octanol–water partition coefficient (Wildman–Crippen LogP) is 8.06. The number of hydrogen-bond acceptors (Lipinski definition) is 1. The van der Waals surface area contributed by atoms with Gasteiger partial charge in [-0.3, -0.25) is 9.29 Å². The van der Waals surface area contributed by atoms with E-state index in [9.17, 15) is 17.6 Å². The van der Waals surface area contributed by atoms with Crippen molar-refractivity contribution in [2.75, 3.05) is 26.3 Å². The van der Waals surface area contributed by atoms with Crippen molar-refractivity contribution in [1.29, 1.82) is 0 Å². The van der Waals surface area contributed by atoms with Crippen LogP contribution in [0.25, 0.3) is 17.2 Å². The minimum atomic E-state index is -4.42. The van der Waals surface area contributed by atoms with Gasteiger partial charge in [0.25, 0.3) is 0 Å². The Labute approximate surface area is 209 Å². The molecule has 0 saturated carbocycles. The van der Waals surface area contributed by atoms with Crippen molar-refractivity contribution in [1.82, 2.24) is 4.90 Å². The molecule has 0 unspecified atom stereocenters. The molecule has 1 aliphatic heterocycles. The van der Waals surface area contributed by atoms with E-state index in [1.165, 1.54) is 23.3 Å². The van der Waals surface area contributed by atoms with Crippen LogP contribution in [0.15, 0.2) is 78.4 Å². The largest absolute Gasteiger partial charge is 0.416 e. The highest BCUT2D eigenvalue weighted by Crippen LogP contribution is 2.43. The molecule has 0 spiro atoms. The van der Waals surface area contributed by atoms with Gasteiger partial charge in [0.2, 0.25) is 0 Å². The Bertz CT molecular complexity index is 1280. The van der Waals surface area contributed by atoms with Gasteiger partial charge in [-0.15, -0.1) is 0 Å². The Morgan fingerprint density at radius 1 is 0.806 bits per heavy atom. The van der Waals surface area contributed by atoms with Gasteiger partial charge in [-0.2, -0.15) is 13.2 Å². The third-order valence-corrected chi connectivity index (χ3v) is 7.05. The zero-order chi connectivity index (χ0) is 25.1. The van der Waals surface area contributed by atoms with Crippen molar-refractivity contribution >= 4 is 17.2 Å². The molecule has 0 aromatic heterocycles.